The molecule has 6 heteroatoms. The Bertz CT molecular complexity index is 901. The molecule has 1 aliphatic rings. The third kappa shape index (κ3) is 4.53. The molecule has 3 aromatic rings. The standard InChI is InChI=1S/C22H22N4O2/c27-22(21-4-2-14-26(21)16-17-9-12-23-13-10-17)25-18-5-7-19(8-6-18)28-20-3-1-11-24-15-20/h1,3,5-13,15,21H,2,4,14,16H2,(H,25,27)/t21-/m1/s1. The molecule has 1 aromatic carbocycles. The number of carbonyl (C=O) groups is 1. The van der Waals surface area contributed by atoms with Gasteiger partial charge in [-0.1, -0.05) is 0 Å². The van der Waals surface area contributed by atoms with Gasteiger partial charge in [-0.05, 0) is 73.5 Å². The average molecular weight is 374 g/mol. The summed E-state index contributed by atoms with van der Waals surface area (Å²) in [6, 6.07) is 14.9. The van der Waals surface area contributed by atoms with Gasteiger partial charge in [-0.2, -0.15) is 0 Å². The van der Waals surface area contributed by atoms with Crippen LogP contribution in [0.4, 0.5) is 5.69 Å². The van der Waals surface area contributed by atoms with E-state index in [1.807, 2.05) is 48.5 Å². The minimum atomic E-state index is -0.112. The third-order valence-corrected chi connectivity index (χ3v) is 4.79. The predicted octanol–water partition coefficient (Wildman–Crippen LogP) is 3.87. The van der Waals surface area contributed by atoms with Crippen LogP contribution in [0.1, 0.15) is 18.4 Å². The summed E-state index contributed by atoms with van der Waals surface area (Å²) >= 11 is 0. The molecule has 0 aliphatic carbocycles. The molecule has 0 bridgehead atoms. The van der Waals surface area contributed by atoms with Gasteiger partial charge in [-0.25, -0.2) is 0 Å². The van der Waals surface area contributed by atoms with E-state index in [2.05, 4.69) is 20.2 Å². The van der Waals surface area contributed by atoms with Gasteiger partial charge in [0.1, 0.15) is 11.5 Å². The summed E-state index contributed by atoms with van der Waals surface area (Å²) in [6.07, 6.45) is 8.84. The Labute approximate surface area is 164 Å². The molecule has 3 heterocycles. The average Bonchev–Trinajstić information content (AvgIpc) is 3.19. The van der Waals surface area contributed by atoms with Gasteiger partial charge in [0, 0.05) is 30.8 Å². The number of rotatable bonds is 6. The number of aromatic nitrogens is 2. The highest BCUT2D eigenvalue weighted by Crippen LogP contribution is 2.24. The van der Waals surface area contributed by atoms with Crippen molar-refractivity contribution in [2.24, 2.45) is 0 Å². The van der Waals surface area contributed by atoms with Crippen LogP contribution in [-0.4, -0.2) is 33.4 Å². The maximum atomic E-state index is 12.8. The molecule has 1 amide bonds. The maximum Gasteiger partial charge on any atom is 0.241 e. The van der Waals surface area contributed by atoms with Crippen molar-refractivity contribution in [2.45, 2.75) is 25.4 Å². The van der Waals surface area contributed by atoms with E-state index >= 15 is 0 Å². The van der Waals surface area contributed by atoms with Gasteiger partial charge in [0.2, 0.25) is 5.91 Å². The molecule has 0 radical (unpaired) electrons. The topological polar surface area (TPSA) is 67.3 Å². The lowest BCUT2D eigenvalue weighted by Gasteiger charge is -2.23. The zero-order valence-corrected chi connectivity index (χ0v) is 15.5. The molecule has 28 heavy (non-hydrogen) atoms. The smallest absolute Gasteiger partial charge is 0.241 e. The number of hydrogen-bond acceptors (Lipinski definition) is 5. The molecule has 6 nitrogen and oxygen atoms in total. The van der Waals surface area contributed by atoms with Crippen LogP contribution in [0.5, 0.6) is 11.5 Å². The monoisotopic (exact) mass is 374 g/mol. The first-order valence-corrected chi connectivity index (χ1v) is 9.40. The van der Waals surface area contributed by atoms with Gasteiger partial charge in [-0.3, -0.25) is 19.7 Å². The van der Waals surface area contributed by atoms with Crippen molar-refractivity contribution in [1.29, 1.82) is 0 Å². The minimum absolute atomic E-state index is 0.0347. The van der Waals surface area contributed by atoms with Gasteiger partial charge in [0.25, 0.3) is 0 Å². The van der Waals surface area contributed by atoms with E-state index in [0.717, 1.165) is 31.6 Å². The number of likely N-dealkylation sites (tertiary alicyclic amines) is 1. The quantitative estimate of drug-likeness (QED) is 0.709. The van der Waals surface area contributed by atoms with Gasteiger partial charge in [0.15, 0.2) is 0 Å². The molecule has 1 saturated heterocycles. The summed E-state index contributed by atoms with van der Waals surface area (Å²) in [5.41, 5.74) is 1.94. The lowest BCUT2D eigenvalue weighted by Crippen LogP contribution is -2.39. The molecule has 1 fully saturated rings. The van der Waals surface area contributed by atoms with Crippen molar-refractivity contribution in [3.8, 4) is 11.5 Å². The van der Waals surface area contributed by atoms with Crippen LogP contribution in [0.25, 0.3) is 0 Å². The van der Waals surface area contributed by atoms with Gasteiger partial charge in [-0.15, -0.1) is 0 Å². The molecule has 4 rings (SSSR count). The molecule has 1 aliphatic heterocycles. The summed E-state index contributed by atoms with van der Waals surface area (Å²) in [5.74, 6) is 1.41. The molecule has 142 valence electrons. The van der Waals surface area contributed by atoms with Crippen molar-refractivity contribution < 1.29 is 9.53 Å². The number of pyridine rings is 2. The lowest BCUT2D eigenvalue weighted by molar-refractivity contribution is -0.120. The summed E-state index contributed by atoms with van der Waals surface area (Å²) in [4.78, 5) is 23.1. The third-order valence-electron chi connectivity index (χ3n) is 4.79. The molecular weight excluding hydrogens is 352 g/mol. The molecule has 0 unspecified atom stereocenters. The van der Waals surface area contributed by atoms with Gasteiger partial charge in [0.05, 0.1) is 12.2 Å². The second-order valence-electron chi connectivity index (χ2n) is 6.79. The fourth-order valence-electron chi connectivity index (χ4n) is 3.41. The molecule has 2 aromatic heterocycles. The Morgan fingerprint density at radius 1 is 1.04 bits per heavy atom. The Kier molecular flexibility index (Phi) is 5.58. The van der Waals surface area contributed by atoms with Crippen LogP contribution in [0.2, 0.25) is 0 Å². The van der Waals surface area contributed by atoms with Crippen molar-refractivity contribution >= 4 is 11.6 Å². The molecule has 1 atom stereocenters. The van der Waals surface area contributed by atoms with E-state index in [9.17, 15) is 4.79 Å². The van der Waals surface area contributed by atoms with Crippen LogP contribution >= 0.6 is 0 Å². The highest BCUT2D eigenvalue weighted by Gasteiger charge is 2.30. The summed E-state index contributed by atoms with van der Waals surface area (Å²) < 4.78 is 5.73. The van der Waals surface area contributed by atoms with Crippen molar-refractivity contribution in [1.82, 2.24) is 14.9 Å². The lowest BCUT2D eigenvalue weighted by atomic mass is 10.1. The zero-order valence-electron chi connectivity index (χ0n) is 15.5. The summed E-state index contributed by atoms with van der Waals surface area (Å²) in [5, 5.41) is 3.03. The predicted molar refractivity (Wildman–Crippen MR) is 107 cm³/mol. The molecule has 1 N–H and O–H groups in total. The van der Waals surface area contributed by atoms with Crippen LogP contribution < -0.4 is 10.1 Å². The van der Waals surface area contributed by atoms with Gasteiger partial charge >= 0.3 is 0 Å². The molecular formula is C22H22N4O2. The number of carbonyl (C=O) groups excluding carboxylic acids is 1. The van der Waals surface area contributed by atoms with E-state index in [-0.39, 0.29) is 11.9 Å². The minimum Gasteiger partial charge on any atom is -0.456 e. The molecule has 0 saturated carbocycles. The number of anilines is 1. The SMILES string of the molecule is O=C(Nc1ccc(Oc2cccnc2)cc1)[C@H]1CCCN1Cc1ccncc1. The second kappa shape index (κ2) is 8.63. The fraction of sp³-hybridized carbons (Fsp3) is 0.227. The summed E-state index contributed by atoms with van der Waals surface area (Å²) in [7, 11) is 0. The highest BCUT2D eigenvalue weighted by atomic mass is 16.5. The van der Waals surface area contributed by atoms with E-state index in [1.165, 1.54) is 5.56 Å². The highest BCUT2D eigenvalue weighted by molar-refractivity contribution is 5.95. The van der Waals surface area contributed by atoms with Crippen molar-refractivity contribution in [3.63, 3.8) is 0 Å². The van der Waals surface area contributed by atoms with E-state index in [4.69, 9.17) is 4.74 Å². The van der Waals surface area contributed by atoms with Crippen LogP contribution in [0.15, 0.2) is 73.3 Å². The Hall–Kier alpha value is -3.25. The van der Waals surface area contributed by atoms with Crippen LogP contribution in [0, 0.1) is 0 Å². The Balaban J connectivity index is 1.36. The number of benzene rings is 1. The van der Waals surface area contributed by atoms with Crippen LogP contribution in [-0.2, 0) is 11.3 Å². The van der Waals surface area contributed by atoms with Crippen molar-refractivity contribution in [2.75, 3.05) is 11.9 Å². The zero-order chi connectivity index (χ0) is 19.2. The molecule has 0 spiro atoms. The van der Waals surface area contributed by atoms with Gasteiger partial charge < -0.3 is 10.1 Å². The first kappa shape index (κ1) is 18.1. The Morgan fingerprint density at radius 3 is 2.61 bits per heavy atom. The first-order valence-electron chi connectivity index (χ1n) is 9.40. The second-order valence-corrected chi connectivity index (χ2v) is 6.79. The number of nitrogens with zero attached hydrogens (tertiary/aromatic N) is 3. The largest absolute Gasteiger partial charge is 0.456 e. The van der Waals surface area contributed by atoms with Crippen molar-refractivity contribution in [3.05, 3.63) is 78.9 Å². The van der Waals surface area contributed by atoms with E-state index in [1.54, 1.807) is 24.8 Å². The fourth-order valence-corrected chi connectivity index (χ4v) is 3.41. The first-order chi connectivity index (χ1) is 13.8. The number of ether oxygens (including phenoxy) is 1. The normalized spacial score (nSPS) is 16.6. The van der Waals surface area contributed by atoms with Crippen LogP contribution in [0.3, 0.4) is 0 Å². The Morgan fingerprint density at radius 2 is 1.86 bits per heavy atom. The number of nitrogens with one attached hydrogen (secondary N) is 1. The summed E-state index contributed by atoms with van der Waals surface area (Å²) in [6.45, 7) is 1.69. The maximum absolute atomic E-state index is 12.8. The number of hydrogen-bond donors (Lipinski definition) is 1. The number of amides is 1. The van der Waals surface area contributed by atoms with E-state index < -0.39 is 0 Å². The van der Waals surface area contributed by atoms with E-state index in [0.29, 0.717) is 11.5 Å².